The molecule has 7 nitrogen and oxygen atoms in total. The maximum absolute atomic E-state index is 13.0. The molecule has 0 atom stereocenters. The Kier molecular flexibility index (Phi) is 5.15. The van der Waals surface area contributed by atoms with Gasteiger partial charge in [0.05, 0.1) is 17.5 Å². The lowest BCUT2D eigenvalue weighted by Gasteiger charge is -2.35. The van der Waals surface area contributed by atoms with E-state index in [1.165, 1.54) is 6.20 Å². The van der Waals surface area contributed by atoms with E-state index >= 15 is 0 Å². The van der Waals surface area contributed by atoms with Crippen molar-refractivity contribution in [2.24, 2.45) is 0 Å². The monoisotopic (exact) mass is 416 g/mol. The Hall–Kier alpha value is -3.43. The van der Waals surface area contributed by atoms with Crippen LogP contribution in [0.1, 0.15) is 21.6 Å². The molecule has 1 aliphatic heterocycles. The topological polar surface area (TPSA) is 78.0 Å². The number of H-pyrrole nitrogens is 1. The average Bonchev–Trinajstić information content (AvgIpc) is 3.23. The molecule has 0 spiro atoms. The van der Waals surface area contributed by atoms with Crippen molar-refractivity contribution in [2.75, 3.05) is 31.1 Å². The number of piperazine rings is 1. The lowest BCUT2D eigenvalue weighted by atomic mass is 10.0. The molecule has 0 unspecified atom stereocenters. The summed E-state index contributed by atoms with van der Waals surface area (Å²) in [6, 6.07) is 8.69. The Balaban J connectivity index is 1.47. The first-order valence-electron chi connectivity index (χ1n) is 9.37. The molecule has 0 saturated carbocycles. The van der Waals surface area contributed by atoms with Gasteiger partial charge in [-0.1, -0.05) is 23.8 Å². The van der Waals surface area contributed by atoms with Gasteiger partial charge in [-0.2, -0.15) is 18.3 Å². The first-order chi connectivity index (χ1) is 14.3. The summed E-state index contributed by atoms with van der Waals surface area (Å²) in [5.41, 5.74) is 2.08. The molecule has 4 rings (SSSR count). The van der Waals surface area contributed by atoms with Gasteiger partial charge < -0.3 is 9.80 Å². The summed E-state index contributed by atoms with van der Waals surface area (Å²) in [5.74, 6) is 0.0340. The number of benzene rings is 1. The van der Waals surface area contributed by atoms with E-state index in [4.69, 9.17) is 0 Å². The first kappa shape index (κ1) is 19.9. The van der Waals surface area contributed by atoms with Crippen molar-refractivity contribution in [1.82, 2.24) is 25.1 Å². The molecule has 0 radical (unpaired) electrons. The molecular formula is C20H19F3N6O. The molecule has 3 aromatic rings. The summed E-state index contributed by atoms with van der Waals surface area (Å²) in [6.07, 6.45) is -2.11. The number of alkyl halides is 3. The van der Waals surface area contributed by atoms with E-state index in [-0.39, 0.29) is 11.7 Å². The Morgan fingerprint density at radius 3 is 2.57 bits per heavy atom. The number of nitrogens with zero attached hydrogens (tertiary/aromatic N) is 5. The molecule has 1 aliphatic rings. The summed E-state index contributed by atoms with van der Waals surface area (Å²) in [7, 11) is 0. The van der Waals surface area contributed by atoms with Gasteiger partial charge in [0, 0.05) is 37.8 Å². The quantitative estimate of drug-likeness (QED) is 0.710. The molecule has 156 valence electrons. The van der Waals surface area contributed by atoms with E-state index in [0.717, 1.165) is 23.5 Å². The van der Waals surface area contributed by atoms with Gasteiger partial charge in [0.1, 0.15) is 17.8 Å². The number of carbonyl (C=O) groups excluding carboxylic acids is 1. The van der Waals surface area contributed by atoms with Gasteiger partial charge in [-0.3, -0.25) is 9.89 Å². The number of rotatable bonds is 3. The number of hydrogen-bond donors (Lipinski definition) is 1. The Labute approximate surface area is 170 Å². The third-order valence-corrected chi connectivity index (χ3v) is 5.01. The van der Waals surface area contributed by atoms with Crippen LogP contribution >= 0.6 is 0 Å². The van der Waals surface area contributed by atoms with Crippen molar-refractivity contribution in [3.8, 4) is 11.3 Å². The maximum atomic E-state index is 13.0. The van der Waals surface area contributed by atoms with Gasteiger partial charge >= 0.3 is 6.18 Å². The predicted molar refractivity (Wildman–Crippen MR) is 104 cm³/mol. The van der Waals surface area contributed by atoms with Crippen molar-refractivity contribution >= 4 is 11.7 Å². The predicted octanol–water partition coefficient (Wildman–Crippen LogP) is 3.16. The minimum Gasteiger partial charge on any atom is -0.353 e. The highest BCUT2D eigenvalue weighted by Crippen LogP contribution is 2.29. The van der Waals surface area contributed by atoms with Crippen LogP contribution in [0.3, 0.4) is 0 Å². The lowest BCUT2D eigenvalue weighted by Crippen LogP contribution is -2.49. The summed E-state index contributed by atoms with van der Waals surface area (Å²) >= 11 is 0. The molecule has 3 heterocycles. The van der Waals surface area contributed by atoms with Crippen molar-refractivity contribution in [3.05, 3.63) is 59.7 Å². The lowest BCUT2D eigenvalue weighted by molar-refractivity contribution is -0.141. The van der Waals surface area contributed by atoms with Crippen molar-refractivity contribution in [3.63, 3.8) is 0 Å². The van der Waals surface area contributed by atoms with E-state index in [0.29, 0.717) is 37.4 Å². The number of aromatic amines is 1. The summed E-state index contributed by atoms with van der Waals surface area (Å²) in [6.45, 7) is 3.44. The van der Waals surface area contributed by atoms with Gasteiger partial charge in [0.2, 0.25) is 0 Å². The van der Waals surface area contributed by atoms with Crippen molar-refractivity contribution < 1.29 is 18.0 Å². The van der Waals surface area contributed by atoms with Gasteiger partial charge in [0.25, 0.3) is 5.91 Å². The number of amides is 1. The molecule has 10 heteroatoms. The van der Waals surface area contributed by atoms with Crippen LogP contribution in [0.2, 0.25) is 0 Å². The highest BCUT2D eigenvalue weighted by Gasteiger charge is 2.34. The second-order valence-electron chi connectivity index (χ2n) is 7.07. The third kappa shape index (κ3) is 3.98. The number of hydrogen-bond acceptors (Lipinski definition) is 5. The highest BCUT2D eigenvalue weighted by atomic mass is 19.4. The maximum Gasteiger partial charge on any atom is 0.433 e. The minimum absolute atomic E-state index is 0.168. The fraction of sp³-hybridized carbons (Fsp3) is 0.300. The van der Waals surface area contributed by atoms with Gasteiger partial charge in [-0.25, -0.2) is 9.97 Å². The number of aromatic nitrogens is 4. The van der Waals surface area contributed by atoms with Crippen LogP contribution in [0.25, 0.3) is 11.3 Å². The molecule has 1 fully saturated rings. The van der Waals surface area contributed by atoms with Gasteiger partial charge in [0.15, 0.2) is 0 Å². The van der Waals surface area contributed by atoms with Gasteiger partial charge in [-0.05, 0) is 13.0 Å². The minimum atomic E-state index is -4.52. The van der Waals surface area contributed by atoms with Crippen LogP contribution in [0.5, 0.6) is 0 Å². The molecule has 2 aromatic heterocycles. The summed E-state index contributed by atoms with van der Waals surface area (Å²) < 4.78 is 38.7. The number of anilines is 1. The number of halogens is 3. The van der Waals surface area contributed by atoms with Crippen LogP contribution < -0.4 is 4.90 Å². The smallest absolute Gasteiger partial charge is 0.353 e. The normalized spacial score (nSPS) is 14.8. The summed E-state index contributed by atoms with van der Waals surface area (Å²) in [4.78, 5) is 23.7. The summed E-state index contributed by atoms with van der Waals surface area (Å²) in [5, 5.41) is 6.93. The average molecular weight is 416 g/mol. The Morgan fingerprint density at radius 2 is 1.87 bits per heavy atom. The molecular weight excluding hydrogens is 397 g/mol. The Bertz CT molecular complexity index is 1060. The van der Waals surface area contributed by atoms with E-state index < -0.39 is 11.9 Å². The van der Waals surface area contributed by atoms with Crippen LogP contribution in [0.15, 0.2) is 42.9 Å². The molecule has 0 aliphatic carbocycles. The highest BCUT2D eigenvalue weighted by molar-refractivity contribution is 5.99. The number of aryl methyl sites for hydroxylation is 1. The molecule has 1 saturated heterocycles. The van der Waals surface area contributed by atoms with E-state index in [2.05, 4.69) is 20.2 Å². The third-order valence-electron chi connectivity index (χ3n) is 5.01. The zero-order chi connectivity index (χ0) is 21.3. The molecule has 1 N–H and O–H groups in total. The standard InChI is InChI=1S/C20H19F3N6O/c1-13-3-2-4-14(9-13)18-15(11-26-27-18)19(30)29-7-5-28(6-8-29)17-10-16(20(21,22)23)24-12-25-17/h2-4,9-12H,5-8H2,1H3,(H,26,27). The molecule has 1 amide bonds. The molecule has 30 heavy (non-hydrogen) atoms. The molecule has 0 bridgehead atoms. The van der Waals surface area contributed by atoms with Crippen LogP contribution in [0, 0.1) is 6.92 Å². The van der Waals surface area contributed by atoms with Crippen LogP contribution in [-0.2, 0) is 6.18 Å². The fourth-order valence-corrected chi connectivity index (χ4v) is 3.45. The molecule has 1 aromatic carbocycles. The van der Waals surface area contributed by atoms with Crippen molar-refractivity contribution in [2.45, 2.75) is 13.1 Å². The van der Waals surface area contributed by atoms with Crippen LogP contribution in [0.4, 0.5) is 19.0 Å². The second-order valence-corrected chi connectivity index (χ2v) is 7.07. The van der Waals surface area contributed by atoms with E-state index in [1.54, 1.807) is 9.80 Å². The first-order valence-corrected chi connectivity index (χ1v) is 9.37. The SMILES string of the molecule is Cc1cccc(-c2[nH]ncc2C(=O)N2CCN(c3cc(C(F)(F)F)ncn3)CC2)c1. The zero-order valence-corrected chi connectivity index (χ0v) is 16.1. The van der Waals surface area contributed by atoms with Gasteiger partial charge in [-0.15, -0.1) is 0 Å². The van der Waals surface area contributed by atoms with Crippen LogP contribution in [-0.4, -0.2) is 57.2 Å². The fourth-order valence-electron chi connectivity index (χ4n) is 3.45. The van der Waals surface area contributed by atoms with Crippen molar-refractivity contribution in [1.29, 1.82) is 0 Å². The zero-order valence-electron chi connectivity index (χ0n) is 16.1. The Morgan fingerprint density at radius 1 is 1.10 bits per heavy atom. The largest absolute Gasteiger partial charge is 0.433 e. The number of nitrogens with one attached hydrogen (secondary N) is 1. The van der Waals surface area contributed by atoms with E-state index in [1.807, 2.05) is 31.2 Å². The van der Waals surface area contributed by atoms with E-state index in [9.17, 15) is 18.0 Å². The number of carbonyl (C=O) groups is 1. The second kappa shape index (κ2) is 7.77.